The SMILES string of the molecule is CCc1cccc(CC)c1N1C=[N+](C(CO)c2ccccc2)CC1. The quantitative estimate of drug-likeness (QED) is 0.825. The van der Waals surface area contributed by atoms with Gasteiger partial charge in [-0.2, -0.15) is 0 Å². The standard InChI is InChI=1S/C21H27N2O/c1-3-17-11-8-12-18(4-2)21(17)23-14-13-22(16-23)20(15-24)19-9-6-5-7-10-19/h5-12,16,20,24H,3-4,13-15H2,1-2H3/q+1. The number of anilines is 1. The highest BCUT2D eigenvalue weighted by atomic mass is 16.3. The van der Waals surface area contributed by atoms with Crippen molar-refractivity contribution in [3.05, 3.63) is 65.2 Å². The van der Waals surface area contributed by atoms with Crippen LogP contribution in [0, 0.1) is 0 Å². The van der Waals surface area contributed by atoms with Crippen LogP contribution in [0.25, 0.3) is 0 Å². The van der Waals surface area contributed by atoms with Crippen LogP contribution in [0.2, 0.25) is 0 Å². The lowest BCUT2D eigenvalue weighted by Gasteiger charge is -2.15. The van der Waals surface area contributed by atoms with Gasteiger partial charge in [-0.05, 0) is 29.5 Å². The molecule has 1 heterocycles. The molecule has 3 rings (SSSR count). The smallest absolute Gasteiger partial charge is 0.240 e. The molecule has 0 spiro atoms. The molecule has 0 fully saturated rings. The molecular weight excluding hydrogens is 296 g/mol. The lowest BCUT2D eigenvalue weighted by molar-refractivity contribution is -0.562. The Morgan fingerprint density at radius 3 is 2.25 bits per heavy atom. The molecule has 0 saturated heterocycles. The zero-order chi connectivity index (χ0) is 16.9. The Morgan fingerprint density at radius 1 is 1.00 bits per heavy atom. The molecule has 1 unspecified atom stereocenters. The van der Waals surface area contributed by atoms with Crippen molar-refractivity contribution in [2.24, 2.45) is 0 Å². The van der Waals surface area contributed by atoms with Gasteiger partial charge in [0.05, 0.1) is 6.61 Å². The highest BCUT2D eigenvalue weighted by molar-refractivity contribution is 5.81. The fourth-order valence-corrected chi connectivity index (χ4v) is 3.58. The summed E-state index contributed by atoms with van der Waals surface area (Å²) in [6, 6.07) is 16.9. The number of aryl methyl sites for hydroxylation is 2. The third-order valence-electron chi connectivity index (χ3n) is 4.90. The third kappa shape index (κ3) is 3.22. The van der Waals surface area contributed by atoms with Crippen molar-refractivity contribution in [2.45, 2.75) is 32.7 Å². The predicted octanol–water partition coefficient (Wildman–Crippen LogP) is 3.41. The molecule has 0 bridgehead atoms. The first kappa shape index (κ1) is 16.7. The summed E-state index contributed by atoms with van der Waals surface area (Å²) in [6.07, 6.45) is 4.27. The molecule has 1 aliphatic rings. The molecule has 1 N–H and O–H groups in total. The second kappa shape index (κ2) is 7.63. The minimum Gasteiger partial charge on any atom is -0.392 e. The summed E-state index contributed by atoms with van der Waals surface area (Å²) < 4.78 is 2.27. The van der Waals surface area contributed by atoms with E-state index in [9.17, 15) is 5.11 Å². The molecule has 3 nitrogen and oxygen atoms in total. The zero-order valence-corrected chi connectivity index (χ0v) is 14.7. The lowest BCUT2D eigenvalue weighted by atomic mass is 10.0. The maximum absolute atomic E-state index is 9.92. The molecule has 0 saturated carbocycles. The van der Waals surface area contributed by atoms with Gasteiger partial charge in [-0.3, -0.25) is 4.58 Å². The van der Waals surface area contributed by atoms with Crippen molar-refractivity contribution in [1.82, 2.24) is 0 Å². The molecule has 0 radical (unpaired) electrons. The summed E-state index contributed by atoms with van der Waals surface area (Å²) in [6.45, 7) is 6.46. The van der Waals surface area contributed by atoms with E-state index in [0.29, 0.717) is 0 Å². The monoisotopic (exact) mass is 323 g/mol. The molecule has 1 aliphatic heterocycles. The molecule has 3 heteroatoms. The van der Waals surface area contributed by atoms with E-state index in [1.165, 1.54) is 16.8 Å². The Bertz CT molecular complexity index is 687. The number of aliphatic hydroxyl groups is 1. The third-order valence-corrected chi connectivity index (χ3v) is 4.90. The molecule has 0 aromatic heterocycles. The Kier molecular flexibility index (Phi) is 5.31. The average molecular weight is 323 g/mol. The number of aliphatic hydroxyl groups excluding tert-OH is 1. The van der Waals surface area contributed by atoms with Gasteiger partial charge in [0.1, 0.15) is 24.8 Å². The second-order valence-corrected chi connectivity index (χ2v) is 6.29. The van der Waals surface area contributed by atoms with Crippen LogP contribution in [0.1, 0.15) is 36.6 Å². The van der Waals surface area contributed by atoms with Crippen molar-refractivity contribution >= 4 is 12.0 Å². The van der Waals surface area contributed by atoms with Crippen LogP contribution in [-0.2, 0) is 12.8 Å². The summed E-state index contributed by atoms with van der Waals surface area (Å²) in [5, 5.41) is 9.92. The Balaban J connectivity index is 1.94. The summed E-state index contributed by atoms with van der Waals surface area (Å²) in [5.74, 6) is 0. The van der Waals surface area contributed by atoms with Gasteiger partial charge in [-0.25, -0.2) is 4.90 Å². The first-order chi connectivity index (χ1) is 11.8. The highest BCUT2D eigenvalue weighted by Crippen LogP contribution is 2.28. The molecular formula is C21H27N2O+. The molecule has 0 amide bonds. The van der Waals surface area contributed by atoms with E-state index in [1.54, 1.807) is 0 Å². The van der Waals surface area contributed by atoms with E-state index in [-0.39, 0.29) is 12.6 Å². The number of benzene rings is 2. The van der Waals surface area contributed by atoms with Gasteiger partial charge in [0.25, 0.3) is 0 Å². The van der Waals surface area contributed by atoms with Gasteiger partial charge in [-0.1, -0.05) is 62.4 Å². The van der Waals surface area contributed by atoms with Gasteiger partial charge in [0.2, 0.25) is 6.34 Å². The van der Waals surface area contributed by atoms with Crippen molar-refractivity contribution in [1.29, 1.82) is 0 Å². The molecule has 0 aliphatic carbocycles. The maximum Gasteiger partial charge on any atom is 0.240 e. The fourth-order valence-electron chi connectivity index (χ4n) is 3.58. The fraction of sp³-hybridized carbons (Fsp3) is 0.381. The summed E-state index contributed by atoms with van der Waals surface area (Å²) in [4.78, 5) is 2.36. The first-order valence-electron chi connectivity index (χ1n) is 8.92. The van der Waals surface area contributed by atoms with Crippen molar-refractivity contribution in [3.63, 3.8) is 0 Å². The van der Waals surface area contributed by atoms with E-state index < -0.39 is 0 Å². The van der Waals surface area contributed by atoms with E-state index >= 15 is 0 Å². The minimum absolute atomic E-state index is 0.0232. The van der Waals surface area contributed by atoms with Crippen molar-refractivity contribution in [2.75, 3.05) is 24.6 Å². The topological polar surface area (TPSA) is 26.5 Å². The Labute approximate surface area is 144 Å². The summed E-state index contributed by atoms with van der Waals surface area (Å²) in [5.41, 5.74) is 5.31. The van der Waals surface area contributed by atoms with E-state index in [4.69, 9.17) is 0 Å². The lowest BCUT2D eigenvalue weighted by Crippen LogP contribution is -2.22. The Hall–Kier alpha value is -2.13. The van der Waals surface area contributed by atoms with Gasteiger partial charge in [-0.15, -0.1) is 0 Å². The highest BCUT2D eigenvalue weighted by Gasteiger charge is 2.29. The number of hydrogen-bond donors (Lipinski definition) is 1. The van der Waals surface area contributed by atoms with E-state index in [1.807, 2.05) is 18.2 Å². The second-order valence-electron chi connectivity index (χ2n) is 6.29. The predicted molar refractivity (Wildman–Crippen MR) is 100 cm³/mol. The average Bonchev–Trinajstić information content (AvgIpc) is 3.11. The Morgan fingerprint density at radius 2 is 1.67 bits per heavy atom. The van der Waals surface area contributed by atoms with Gasteiger partial charge < -0.3 is 5.11 Å². The van der Waals surface area contributed by atoms with Gasteiger partial charge in [0.15, 0.2) is 0 Å². The van der Waals surface area contributed by atoms with Crippen LogP contribution in [0.5, 0.6) is 0 Å². The minimum atomic E-state index is 0.0232. The molecule has 2 aromatic carbocycles. The number of hydrogen-bond acceptors (Lipinski definition) is 2. The van der Waals surface area contributed by atoms with Crippen molar-refractivity contribution in [3.8, 4) is 0 Å². The normalized spacial score (nSPS) is 15.5. The van der Waals surface area contributed by atoms with Crippen LogP contribution in [-0.4, -0.2) is 35.7 Å². The maximum atomic E-state index is 9.92. The number of para-hydroxylation sites is 1. The van der Waals surface area contributed by atoms with Gasteiger partial charge in [0, 0.05) is 0 Å². The van der Waals surface area contributed by atoms with Crippen LogP contribution in [0.4, 0.5) is 5.69 Å². The van der Waals surface area contributed by atoms with Crippen LogP contribution in [0.15, 0.2) is 48.5 Å². The van der Waals surface area contributed by atoms with Crippen LogP contribution < -0.4 is 4.90 Å². The molecule has 1 atom stereocenters. The summed E-state index contributed by atoms with van der Waals surface area (Å²) >= 11 is 0. The molecule has 24 heavy (non-hydrogen) atoms. The first-order valence-corrected chi connectivity index (χ1v) is 8.92. The zero-order valence-electron chi connectivity index (χ0n) is 14.7. The van der Waals surface area contributed by atoms with Crippen molar-refractivity contribution < 1.29 is 9.68 Å². The number of rotatable bonds is 6. The largest absolute Gasteiger partial charge is 0.392 e. The van der Waals surface area contributed by atoms with Gasteiger partial charge >= 0.3 is 0 Å². The van der Waals surface area contributed by atoms with E-state index in [0.717, 1.165) is 31.5 Å². The molecule has 2 aromatic rings. The van der Waals surface area contributed by atoms with Crippen LogP contribution in [0.3, 0.4) is 0 Å². The van der Waals surface area contributed by atoms with E-state index in [2.05, 4.69) is 60.0 Å². The van der Waals surface area contributed by atoms with Crippen LogP contribution >= 0.6 is 0 Å². The summed E-state index contributed by atoms with van der Waals surface area (Å²) in [7, 11) is 0. The molecule has 126 valence electrons. The number of nitrogens with zero attached hydrogens (tertiary/aromatic N) is 2.